The lowest BCUT2D eigenvalue weighted by Crippen LogP contribution is -2.40. The Hall–Kier alpha value is -2.15. The molecule has 2 amide bonds. The quantitative estimate of drug-likeness (QED) is 0.798. The van der Waals surface area contributed by atoms with E-state index in [0.29, 0.717) is 18.5 Å². The van der Waals surface area contributed by atoms with Crippen LogP contribution in [0.3, 0.4) is 0 Å². The van der Waals surface area contributed by atoms with Crippen molar-refractivity contribution in [2.24, 2.45) is 0 Å². The lowest BCUT2D eigenvalue weighted by atomic mass is 9.80. The van der Waals surface area contributed by atoms with Crippen molar-refractivity contribution < 1.29 is 9.59 Å². The van der Waals surface area contributed by atoms with Gasteiger partial charge in [-0.15, -0.1) is 0 Å². The molecule has 0 aliphatic carbocycles. The topological polar surface area (TPSA) is 61.2 Å². The molecule has 1 heterocycles. The van der Waals surface area contributed by atoms with Crippen LogP contribution in [0.5, 0.6) is 0 Å². The zero-order chi connectivity index (χ0) is 13.3. The number of rotatable bonds is 2. The summed E-state index contributed by atoms with van der Waals surface area (Å²) in [6.45, 7) is 3.18. The maximum absolute atomic E-state index is 12.4. The van der Waals surface area contributed by atoms with Crippen molar-refractivity contribution in [1.29, 1.82) is 5.26 Å². The average molecular weight is 242 g/mol. The third-order valence-corrected chi connectivity index (χ3v) is 3.47. The second-order valence-electron chi connectivity index (χ2n) is 4.67. The number of hydrogen-bond donors (Lipinski definition) is 0. The molecule has 0 fully saturated rings. The summed E-state index contributed by atoms with van der Waals surface area (Å²) in [6, 6.07) is 9.34. The van der Waals surface area contributed by atoms with E-state index in [1.807, 2.05) is 12.1 Å². The first-order valence-corrected chi connectivity index (χ1v) is 5.84. The monoisotopic (exact) mass is 242 g/mol. The van der Waals surface area contributed by atoms with E-state index < -0.39 is 5.41 Å². The van der Waals surface area contributed by atoms with E-state index in [1.165, 1.54) is 11.8 Å². The van der Waals surface area contributed by atoms with Crippen molar-refractivity contribution in [2.75, 3.05) is 4.90 Å². The van der Waals surface area contributed by atoms with Crippen LogP contribution >= 0.6 is 0 Å². The Bertz CT molecular complexity index is 559. The largest absolute Gasteiger partial charge is 0.274 e. The molecule has 0 N–H and O–H groups in total. The number of para-hydroxylation sites is 1. The predicted octanol–water partition coefficient (Wildman–Crippen LogP) is 2.14. The minimum absolute atomic E-state index is 0.230. The van der Waals surface area contributed by atoms with Gasteiger partial charge >= 0.3 is 0 Å². The highest BCUT2D eigenvalue weighted by Crippen LogP contribution is 2.44. The van der Waals surface area contributed by atoms with Gasteiger partial charge in [-0.25, -0.2) is 4.90 Å². The fourth-order valence-electron chi connectivity index (χ4n) is 2.47. The summed E-state index contributed by atoms with van der Waals surface area (Å²) in [6.07, 6.45) is 0.728. The second kappa shape index (κ2) is 4.26. The van der Waals surface area contributed by atoms with Crippen LogP contribution in [0.4, 0.5) is 5.69 Å². The Balaban J connectivity index is 2.55. The van der Waals surface area contributed by atoms with Gasteiger partial charge in [0.1, 0.15) is 0 Å². The number of nitrogens with zero attached hydrogens (tertiary/aromatic N) is 2. The fourth-order valence-corrected chi connectivity index (χ4v) is 2.47. The van der Waals surface area contributed by atoms with Crippen LogP contribution < -0.4 is 4.90 Å². The zero-order valence-electron chi connectivity index (χ0n) is 10.4. The summed E-state index contributed by atoms with van der Waals surface area (Å²) in [7, 11) is 0. The summed E-state index contributed by atoms with van der Waals surface area (Å²) in [4.78, 5) is 25.3. The smallest absolute Gasteiger partial charge is 0.244 e. The first-order chi connectivity index (χ1) is 8.52. The molecule has 1 aliphatic rings. The third-order valence-electron chi connectivity index (χ3n) is 3.47. The van der Waals surface area contributed by atoms with Gasteiger partial charge in [-0.2, -0.15) is 5.26 Å². The van der Waals surface area contributed by atoms with E-state index in [9.17, 15) is 9.59 Å². The number of anilines is 1. The molecule has 2 rings (SSSR count). The Morgan fingerprint density at radius 1 is 1.44 bits per heavy atom. The lowest BCUT2D eigenvalue weighted by Gasteiger charge is -2.22. The van der Waals surface area contributed by atoms with E-state index in [1.54, 1.807) is 19.1 Å². The first kappa shape index (κ1) is 12.3. The molecule has 92 valence electrons. The number of fused-ring (bicyclic) bond motifs is 1. The molecule has 0 aromatic heterocycles. The van der Waals surface area contributed by atoms with Crippen molar-refractivity contribution in [1.82, 2.24) is 0 Å². The van der Waals surface area contributed by atoms with Gasteiger partial charge in [-0.3, -0.25) is 9.59 Å². The molecule has 0 saturated carbocycles. The van der Waals surface area contributed by atoms with Gasteiger partial charge < -0.3 is 0 Å². The van der Waals surface area contributed by atoms with Crippen LogP contribution in [0.25, 0.3) is 0 Å². The van der Waals surface area contributed by atoms with E-state index in [2.05, 4.69) is 6.07 Å². The number of imide groups is 1. The van der Waals surface area contributed by atoms with Crippen LogP contribution in [0.2, 0.25) is 0 Å². The fraction of sp³-hybridized carbons (Fsp3) is 0.357. The number of amides is 2. The second-order valence-corrected chi connectivity index (χ2v) is 4.67. The highest BCUT2D eigenvalue weighted by Gasteiger charge is 2.48. The molecule has 18 heavy (non-hydrogen) atoms. The van der Waals surface area contributed by atoms with Crippen LogP contribution in [0.1, 0.15) is 32.3 Å². The molecule has 4 heteroatoms. The van der Waals surface area contributed by atoms with E-state index >= 15 is 0 Å². The summed E-state index contributed by atoms with van der Waals surface area (Å²) >= 11 is 0. The molecule has 0 spiro atoms. The summed E-state index contributed by atoms with van der Waals surface area (Å²) in [5, 5.41) is 8.71. The summed E-state index contributed by atoms with van der Waals surface area (Å²) in [5.74, 6) is -0.514. The van der Waals surface area contributed by atoms with Gasteiger partial charge in [0.2, 0.25) is 11.8 Å². The molecule has 1 aromatic carbocycles. The van der Waals surface area contributed by atoms with E-state index in [0.717, 1.165) is 5.56 Å². The predicted molar refractivity (Wildman–Crippen MR) is 66.8 cm³/mol. The molecule has 0 radical (unpaired) electrons. The number of carbonyl (C=O) groups is 2. The summed E-state index contributed by atoms with van der Waals surface area (Å²) < 4.78 is 0. The van der Waals surface area contributed by atoms with Crippen molar-refractivity contribution in [3.63, 3.8) is 0 Å². The SMILES string of the molecule is CC(=O)N1C(=O)C(C)(CCC#N)c2ccccc21. The van der Waals surface area contributed by atoms with Crippen molar-refractivity contribution in [3.05, 3.63) is 29.8 Å². The number of hydrogen-bond acceptors (Lipinski definition) is 3. The average Bonchev–Trinajstić information content (AvgIpc) is 2.57. The third kappa shape index (κ3) is 1.60. The standard InChI is InChI=1S/C14H14N2O2/c1-10(17)16-12-7-4-3-6-11(12)14(2,13(16)18)8-5-9-15/h3-4,6-7H,5,8H2,1-2H3. The van der Waals surface area contributed by atoms with Crippen LogP contribution in [-0.2, 0) is 15.0 Å². The maximum atomic E-state index is 12.4. The van der Waals surface area contributed by atoms with Gasteiger partial charge in [0.25, 0.3) is 0 Å². The van der Waals surface area contributed by atoms with Crippen molar-refractivity contribution in [3.8, 4) is 6.07 Å². The minimum atomic E-state index is -0.766. The van der Waals surface area contributed by atoms with E-state index in [4.69, 9.17) is 5.26 Å². The molecule has 1 atom stereocenters. The molecule has 1 aromatic rings. The first-order valence-electron chi connectivity index (χ1n) is 5.84. The maximum Gasteiger partial charge on any atom is 0.244 e. The van der Waals surface area contributed by atoms with Gasteiger partial charge in [0, 0.05) is 13.3 Å². The Labute approximate surface area is 106 Å². The molecule has 0 bridgehead atoms. The Morgan fingerprint density at radius 2 is 2.11 bits per heavy atom. The number of carbonyl (C=O) groups excluding carboxylic acids is 2. The van der Waals surface area contributed by atoms with Crippen LogP contribution in [0, 0.1) is 11.3 Å². The Kier molecular flexibility index (Phi) is 2.92. The molecule has 1 unspecified atom stereocenters. The Morgan fingerprint density at radius 3 is 2.72 bits per heavy atom. The van der Waals surface area contributed by atoms with Crippen LogP contribution in [0.15, 0.2) is 24.3 Å². The van der Waals surface area contributed by atoms with Crippen LogP contribution in [-0.4, -0.2) is 11.8 Å². The van der Waals surface area contributed by atoms with Gasteiger partial charge in [-0.1, -0.05) is 18.2 Å². The van der Waals surface area contributed by atoms with Crippen molar-refractivity contribution >= 4 is 17.5 Å². The van der Waals surface area contributed by atoms with Crippen molar-refractivity contribution in [2.45, 2.75) is 32.1 Å². The number of benzene rings is 1. The summed E-state index contributed by atoms with van der Waals surface area (Å²) in [5.41, 5.74) is 0.716. The zero-order valence-corrected chi connectivity index (χ0v) is 10.4. The normalized spacial score (nSPS) is 21.6. The molecular formula is C14H14N2O2. The van der Waals surface area contributed by atoms with Gasteiger partial charge in [-0.05, 0) is 25.0 Å². The lowest BCUT2D eigenvalue weighted by molar-refractivity contribution is -0.127. The highest BCUT2D eigenvalue weighted by atomic mass is 16.2. The van der Waals surface area contributed by atoms with Gasteiger partial charge in [0.15, 0.2) is 0 Å². The minimum Gasteiger partial charge on any atom is -0.274 e. The van der Waals surface area contributed by atoms with Gasteiger partial charge in [0.05, 0.1) is 17.2 Å². The highest BCUT2D eigenvalue weighted by molar-refractivity contribution is 6.22. The number of nitriles is 1. The molecular weight excluding hydrogens is 228 g/mol. The van der Waals surface area contributed by atoms with E-state index in [-0.39, 0.29) is 11.8 Å². The molecule has 1 aliphatic heterocycles. The molecule has 4 nitrogen and oxygen atoms in total. The molecule has 0 saturated heterocycles.